The maximum atomic E-state index is 11.4. The Kier molecular flexibility index (Phi) is 15.9. The van der Waals surface area contributed by atoms with Gasteiger partial charge in [0.1, 0.15) is 6.29 Å². The molecule has 0 aliphatic carbocycles. The van der Waals surface area contributed by atoms with Gasteiger partial charge in [-0.25, -0.2) is 0 Å². The second kappa shape index (κ2) is 15.0. The van der Waals surface area contributed by atoms with Crippen molar-refractivity contribution in [3.63, 3.8) is 0 Å². The Morgan fingerprint density at radius 3 is 2.55 bits per heavy atom. The van der Waals surface area contributed by atoms with Crippen molar-refractivity contribution in [2.75, 3.05) is 19.7 Å². The molecular weight excluding hydrogens is 280 g/mol. The molecule has 3 N–H and O–H groups in total. The summed E-state index contributed by atoms with van der Waals surface area (Å²) in [6, 6.07) is 0. The summed E-state index contributed by atoms with van der Waals surface area (Å²) in [5, 5.41) is 2.86. The van der Waals surface area contributed by atoms with Gasteiger partial charge >= 0.3 is 0 Å². The molecule has 132 valence electrons. The van der Waals surface area contributed by atoms with Crippen LogP contribution in [0.2, 0.25) is 0 Å². The number of hydrogen-bond donors (Lipinski definition) is 2. The molecule has 0 aromatic rings. The molecule has 1 amide bonds. The van der Waals surface area contributed by atoms with Gasteiger partial charge in [-0.05, 0) is 38.1 Å². The number of rotatable bonds is 12. The molecule has 0 aliphatic heterocycles. The standard InChI is InChI=1S/C15H30N2O3.C2H6/c1-13(6-4-9-16)20-11-8-15(2,3)12-17-14(19)7-5-10-18;1-2/h10,13H,4-9,11-12,16H2,1-3H3,(H,17,19);1-2H3. The molecule has 0 radical (unpaired) electrons. The van der Waals surface area contributed by atoms with Crippen molar-refractivity contribution >= 4 is 12.2 Å². The third kappa shape index (κ3) is 15.4. The number of ether oxygens (including phenoxy) is 1. The molecule has 0 aromatic carbocycles. The molecule has 0 spiro atoms. The van der Waals surface area contributed by atoms with E-state index in [0.29, 0.717) is 19.7 Å². The average molecular weight is 316 g/mol. The zero-order valence-corrected chi connectivity index (χ0v) is 15.1. The molecule has 0 fully saturated rings. The molecule has 0 aliphatic rings. The van der Waals surface area contributed by atoms with Crippen molar-refractivity contribution < 1.29 is 14.3 Å². The van der Waals surface area contributed by atoms with Crippen LogP contribution in [0, 0.1) is 5.41 Å². The number of aldehydes is 1. The van der Waals surface area contributed by atoms with Gasteiger partial charge in [-0.1, -0.05) is 27.7 Å². The summed E-state index contributed by atoms with van der Waals surface area (Å²) in [4.78, 5) is 21.6. The molecule has 22 heavy (non-hydrogen) atoms. The van der Waals surface area contributed by atoms with E-state index in [0.717, 1.165) is 25.5 Å². The minimum Gasteiger partial charge on any atom is -0.378 e. The lowest BCUT2D eigenvalue weighted by atomic mass is 9.89. The van der Waals surface area contributed by atoms with Gasteiger partial charge in [-0.2, -0.15) is 0 Å². The minimum atomic E-state index is -0.0672. The van der Waals surface area contributed by atoms with Crippen molar-refractivity contribution in [1.82, 2.24) is 5.32 Å². The highest BCUT2D eigenvalue weighted by atomic mass is 16.5. The Balaban J connectivity index is 0. The molecule has 0 heterocycles. The van der Waals surface area contributed by atoms with Crippen LogP contribution in [0.5, 0.6) is 0 Å². The molecule has 0 saturated heterocycles. The maximum Gasteiger partial charge on any atom is 0.220 e. The first-order chi connectivity index (χ1) is 10.4. The molecule has 0 rings (SSSR count). The third-order valence-electron chi connectivity index (χ3n) is 3.25. The second-order valence-electron chi connectivity index (χ2n) is 6.01. The average Bonchev–Trinajstić information content (AvgIpc) is 2.50. The van der Waals surface area contributed by atoms with Crippen molar-refractivity contribution in [2.45, 2.75) is 72.8 Å². The SMILES string of the molecule is CC.CC(CCCN)OCCC(C)(C)CNC(=O)CCC=O. The monoisotopic (exact) mass is 316 g/mol. The van der Waals surface area contributed by atoms with Crippen LogP contribution in [0.3, 0.4) is 0 Å². The van der Waals surface area contributed by atoms with Crippen molar-refractivity contribution in [3.05, 3.63) is 0 Å². The highest BCUT2D eigenvalue weighted by Crippen LogP contribution is 2.19. The van der Waals surface area contributed by atoms with Crippen LogP contribution < -0.4 is 11.1 Å². The van der Waals surface area contributed by atoms with Crippen LogP contribution >= 0.6 is 0 Å². The highest BCUT2D eigenvalue weighted by Gasteiger charge is 2.19. The van der Waals surface area contributed by atoms with Crippen molar-refractivity contribution in [3.8, 4) is 0 Å². The topological polar surface area (TPSA) is 81.4 Å². The summed E-state index contributed by atoms with van der Waals surface area (Å²) >= 11 is 0. The van der Waals surface area contributed by atoms with E-state index in [-0.39, 0.29) is 30.3 Å². The Hall–Kier alpha value is -0.940. The molecule has 0 bridgehead atoms. The molecule has 5 nitrogen and oxygen atoms in total. The van der Waals surface area contributed by atoms with E-state index in [4.69, 9.17) is 10.5 Å². The van der Waals surface area contributed by atoms with Gasteiger partial charge in [0, 0.05) is 26.0 Å². The number of carbonyl (C=O) groups is 2. The fraction of sp³-hybridized carbons (Fsp3) is 0.882. The number of nitrogens with two attached hydrogens (primary N) is 1. The maximum absolute atomic E-state index is 11.4. The summed E-state index contributed by atoms with van der Waals surface area (Å²) in [5.74, 6) is -0.0672. The lowest BCUT2D eigenvalue weighted by Crippen LogP contribution is -2.34. The van der Waals surface area contributed by atoms with Crippen LogP contribution in [0.25, 0.3) is 0 Å². The van der Waals surface area contributed by atoms with Crippen LogP contribution in [0.15, 0.2) is 0 Å². The Bertz CT molecular complexity index is 281. The largest absolute Gasteiger partial charge is 0.378 e. The van der Waals surface area contributed by atoms with E-state index in [1.165, 1.54) is 0 Å². The fourth-order valence-corrected chi connectivity index (χ4v) is 1.73. The van der Waals surface area contributed by atoms with Gasteiger partial charge in [-0.15, -0.1) is 0 Å². The predicted octanol–water partition coefficient (Wildman–Crippen LogP) is 2.67. The Labute approximate surface area is 136 Å². The van der Waals surface area contributed by atoms with Crippen molar-refractivity contribution in [2.24, 2.45) is 11.1 Å². The first-order valence-corrected chi connectivity index (χ1v) is 8.43. The fourth-order valence-electron chi connectivity index (χ4n) is 1.73. The second-order valence-corrected chi connectivity index (χ2v) is 6.01. The van der Waals surface area contributed by atoms with Crippen LogP contribution in [-0.4, -0.2) is 38.0 Å². The van der Waals surface area contributed by atoms with Gasteiger partial charge in [0.25, 0.3) is 0 Å². The molecule has 5 heteroatoms. The van der Waals surface area contributed by atoms with Crippen LogP contribution in [-0.2, 0) is 14.3 Å². The smallest absolute Gasteiger partial charge is 0.220 e. The van der Waals surface area contributed by atoms with E-state index in [2.05, 4.69) is 26.1 Å². The quantitative estimate of drug-likeness (QED) is 0.542. The summed E-state index contributed by atoms with van der Waals surface area (Å²) in [6.07, 6.45) is 4.41. The summed E-state index contributed by atoms with van der Waals surface area (Å²) in [5.41, 5.74) is 5.45. The van der Waals surface area contributed by atoms with Crippen LogP contribution in [0.4, 0.5) is 0 Å². The highest BCUT2D eigenvalue weighted by molar-refractivity contribution is 5.78. The summed E-state index contributed by atoms with van der Waals surface area (Å²) < 4.78 is 5.74. The summed E-state index contributed by atoms with van der Waals surface area (Å²) in [7, 11) is 0. The number of hydrogen-bond acceptors (Lipinski definition) is 4. The van der Waals surface area contributed by atoms with E-state index in [1.807, 2.05) is 13.8 Å². The van der Waals surface area contributed by atoms with E-state index < -0.39 is 0 Å². The minimum absolute atomic E-state index is 0.00950. The zero-order chi connectivity index (χ0) is 17.4. The van der Waals surface area contributed by atoms with Crippen molar-refractivity contribution in [1.29, 1.82) is 0 Å². The van der Waals surface area contributed by atoms with Gasteiger partial charge in [0.2, 0.25) is 5.91 Å². The molecule has 1 atom stereocenters. The summed E-state index contributed by atoms with van der Waals surface area (Å²) in [6.45, 7) is 12.2. The number of nitrogens with one attached hydrogen (secondary N) is 1. The van der Waals surface area contributed by atoms with E-state index >= 15 is 0 Å². The predicted molar refractivity (Wildman–Crippen MR) is 91.8 cm³/mol. The van der Waals surface area contributed by atoms with Gasteiger partial charge in [0.15, 0.2) is 0 Å². The number of carbonyl (C=O) groups excluding carboxylic acids is 2. The lowest BCUT2D eigenvalue weighted by Gasteiger charge is -2.25. The normalized spacial score (nSPS) is 12.1. The molecule has 1 unspecified atom stereocenters. The van der Waals surface area contributed by atoms with Gasteiger partial charge in [-0.3, -0.25) is 4.79 Å². The molecule has 0 aromatic heterocycles. The number of amides is 1. The lowest BCUT2D eigenvalue weighted by molar-refractivity contribution is -0.123. The molecule has 0 saturated carbocycles. The van der Waals surface area contributed by atoms with Gasteiger partial charge < -0.3 is 20.6 Å². The van der Waals surface area contributed by atoms with E-state index in [1.54, 1.807) is 0 Å². The first-order valence-electron chi connectivity index (χ1n) is 8.43. The third-order valence-corrected chi connectivity index (χ3v) is 3.25. The van der Waals surface area contributed by atoms with E-state index in [9.17, 15) is 9.59 Å². The van der Waals surface area contributed by atoms with Gasteiger partial charge in [0.05, 0.1) is 6.10 Å². The van der Waals surface area contributed by atoms with Crippen LogP contribution in [0.1, 0.15) is 66.7 Å². The Morgan fingerprint density at radius 2 is 2.00 bits per heavy atom. The Morgan fingerprint density at radius 1 is 1.36 bits per heavy atom. The molecular formula is C17H36N2O3. The first kappa shape index (κ1) is 23.3. The zero-order valence-electron chi connectivity index (χ0n) is 15.1.